The molecule has 1 atom stereocenters. The predicted octanol–water partition coefficient (Wildman–Crippen LogP) is -0.136. The molecular formula is C4H10N2S. The predicted molar refractivity (Wildman–Crippen MR) is 33.2 cm³/mol. The van der Waals surface area contributed by atoms with E-state index in [-0.39, 0.29) is 5.50 Å². The maximum absolute atomic E-state index is 5.39. The largest absolute Gasteiger partial charge is 0.307 e. The number of likely N-dealkylation sites (tertiary alicyclic amines) is 1. The van der Waals surface area contributed by atoms with Gasteiger partial charge in [-0.1, -0.05) is 0 Å². The quantitative estimate of drug-likeness (QED) is 0.371. The molecule has 0 aromatic heterocycles. The summed E-state index contributed by atoms with van der Waals surface area (Å²) in [6, 6.07) is 0. The van der Waals surface area contributed by atoms with Crippen molar-refractivity contribution in [1.82, 2.24) is 4.90 Å². The van der Waals surface area contributed by atoms with Crippen LogP contribution in [-0.2, 0) is 0 Å². The fourth-order valence-electron chi connectivity index (χ4n) is 0.605. The van der Waals surface area contributed by atoms with Gasteiger partial charge in [0.1, 0.15) is 5.50 Å². The molecule has 3 heteroatoms. The monoisotopic (exact) mass is 118 g/mol. The summed E-state index contributed by atoms with van der Waals surface area (Å²) in [5, 5.41) is 0. The van der Waals surface area contributed by atoms with Crippen LogP contribution in [0.5, 0.6) is 0 Å². The van der Waals surface area contributed by atoms with Gasteiger partial charge in [0.05, 0.1) is 0 Å². The van der Waals surface area contributed by atoms with Crippen molar-refractivity contribution in [2.75, 3.05) is 13.1 Å². The van der Waals surface area contributed by atoms with Crippen LogP contribution in [0.4, 0.5) is 0 Å². The van der Waals surface area contributed by atoms with E-state index < -0.39 is 0 Å². The van der Waals surface area contributed by atoms with E-state index in [0.29, 0.717) is 0 Å². The summed E-state index contributed by atoms with van der Waals surface area (Å²) in [5.41, 5.74) is 5.37. The first-order valence-electron chi connectivity index (χ1n) is 2.48. The van der Waals surface area contributed by atoms with E-state index in [1.54, 1.807) is 0 Å². The van der Waals surface area contributed by atoms with Crippen molar-refractivity contribution >= 4 is 12.6 Å². The number of hydrogen-bond donors (Lipinski definition) is 2. The smallest absolute Gasteiger partial charge is 0.103 e. The van der Waals surface area contributed by atoms with E-state index in [1.165, 1.54) is 6.42 Å². The van der Waals surface area contributed by atoms with Gasteiger partial charge in [0, 0.05) is 13.1 Å². The number of thiol groups is 1. The van der Waals surface area contributed by atoms with E-state index in [9.17, 15) is 0 Å². The molecule has 1 fully saturated rings. The topological polar surface area (TPSA) is 29.3 Å². The molecule has 0 bridgehead atoms. The molecule has 7 heavy (non-hydrogen) atoms. The van der Waals surface area contributed by atoms with Gasteiger partial charge in [-0.05, 0) is 6.42 Å². The zero-order chi connectivity index (χ0) is 5.28. The Bertz CT molecular complexity index is 60.7. The number of nitrogens with two attached hydrogens (primary N) is 1. The maximum atomic E-state index is 5.39. The lowest BCUT2D eigenvalue weighted by molar-refractivity contribution is 0.170. The second-order valence-corrected chi connectivity index (χ2v) is 2.33. The average Bonchev–Trinajstić information content (AvgIpc) is 1.23. The van der Waals surface area contributed by atoms with Gasteiger partial charge in [-0.2, -0.15) is 0 Å². The Morgan fingerprint density at radius 1 is 1.57 bits per heavy atom. The molecular weight excluding hydrogens is 108 g/mol. The summed E-state index contributed by atoms with van der Waals surface area (Å²) < 4.78 is 0. The zero-order valence-corrected chi connectivity index (χ0v) is 5.06. The molecule has 1 unspecified atom stereocenters. The van der Waals surface area contributed by atoms with Crippen LogP contribution in [0, 0.1) is 0 Å². The molecule has 1 saturated heterocycles. The van der Waals surface area contributed by atoms with Crippen LogP contribution in [0.2, 0.25) is 0 Å². The van der Waals surface area contributed by atoms with E-state index in [4.69, 9.17) is 5.73 Å². The average molecular weight is 118 g/mol. The summed E-state index contributed by atoms with van der Waals surface area (Å²) >= 11 is 4.03. The Labute approximate surface area is 49.1 Å². The van der Waals surface area contributed by atoms with Gasteiger partial charge >= 0.3 is 0 Å². The van der Waals surface area contributed by atoms with Gasteiger partial charge in [0.25, 0.3) is 0 Å². The molecule has 0 aliphatic carbocycles. The van der Waals surface area contributed by atoms with Crippen molar-refractivity contribution in [2.24, 2.45) is 5.73 Å². The van der Waals surface area contributed by atoms with Gasteiger partial charge in [-0.15, -0.1) is 12.6 Å². The van der Waals surface area contributed by atoms with Crippen LogP contribution in [-0.4, -0.2) is 23.5 Å². The van der Waals surface area contributed by atoms with Gasteiger partial charge in [0.2, 0.25) is 0 Å². The molecule has 0 aromatic rings. The minimum atomic E-state index is -0.0197. The maximum Gasteiger partial charge on any atom is 0.103 e. The lowest BCUT2D eigenvalue weighted by Gasteiger charge is -2.33. The van der Waals surface area contributed by atoms with Crippen molar-refractivity contribution < 1.29 is 0 Å². The highest BCUT2D eigenvalue weighted by molar-refractivity contribution is 7.80. The number of rotatable bonds is 1. The Hall–Kier alpha value is 0.270. The fourth-order valence-corrected chi connectivity index (χ4v) is 0.836. The Morgan fingerprint density at radius 2 is 2.14 bits per heavy atom. The Morgan fingerprint density at radius 3 is 2.14 bits per heavy atom. The van der Waals surface area contributed by atoms with E-state index >= 15 is 0 Å². The van der Waals surface area contributed by atoms with Gasteiger partial charge < -0.3 is 5.73 Å². The molecule has 1 heterocycles. The third-order valence-electron chi connectivity index (χ3n) is 1.26. The zero-order valence-electron chi connectivity index (χ0n) is 4.17. The molecule has 0 aromatic carbocycles. The Balaban J connectivity index is 2.14. The SMILES string of the molecule is NC(S)N1CCC1. The summed E-state index contributed by atoms with van der Waals surface area (Å²) in [4.78, 5) is 2.11. The van der Waals surface area contributed by atoms with Crippen molar-refractivity contribution in [3.63, 3.8) is 0 Å². The van der Waals surface area contributed by atoms with Crippen molar-refractivity contribution in [1.29, 1.82) is 0 Å². The summed E-state index contributed by atoms with van der Waals surface area (Å²) in [7, 11) is 0. The molecule has 0 radical (unpaired) electrons. The lowest BCUT2D eigenvalue weighted by Crippen LogP contribution is -2.46. The van der Waals surface area contributed by atoms with Crippen LogP contribution in [0.25, 0.3) is 0 Å². The van der Waals surface area contributed by atoms with Crippen molar-refractivity contribution in [2.45, 2.75) is 11.9 Å². The lowest BCUT2D eigenvalue weighted by atomic mass is 10.2. The van der Waals surface area contributed by atoms with Crippen LogP contribution in [0.15, 0.2) is 0 Å². The molecule has 2 N–H and O–H groups in total. The molecule has 1 aliphatic rings. The number of hydrogen-bond acceptors (Lipinski definition) is 3. The fraction of sp³-hybridized carbons (Fsp3) is 1.00. The first kappa shape index (κ1) is 5.41. The summed E-state index contributed by atoms with van der Waals surface area (Å²) in [6.45, 7) is 2.26. The molecule has 2 nitrogen and oxygen atoms in total. The first-order chi connectivity index (χ1) is 3.30. The third-order valence-corrected chi connectivity index (χ3v) is 1.59. The summed E-state index contributed by atoms with van der Waals surface area (Å²) in [6.07, 6.45) is 1.29. The van der Waals surface area contributed by atoms with E-state index in [0.717, 1.165) is 13.1 Å². The minimum Gasteiger partial charge on any atom is -0.307 e. The van der Waals surface area contributed by atoms with Crippen molar-refractivity contribution in [3.05, 3.63) is 0 Å². The normalized spacial score (nSPS) is 26.6. The molecule has 0 saturated carbocycles. The molecule has 0 spiro atoms. The van der Waals surface area contributed by atoms with Gasteiger partial charge in [-0.3, -0.25) is 4.90 Å². The second-order valence-electron chi connectivity index (χ2n) is 1.80. The molecule has 42 valence electrons. The summed E-state index contributed by atoms with van der Waals surface area (Å²) in [5.74, 6) is 0. The minimum absolute atomic E-state index is 0.0197. The van der Waals surface area contributed by atoms with Crippen LogP contribution >= 0.6 is 12.6 Å². The van der Waals surface area contributed by atoms with E-state index in [1.807, 2.05) is 0 Å². The Kier molecular flexibility index (Phi) is 1.57. The van der Waals surface area contributed by atoms with Crippen molar-refractivity contribution in [3.8, 4) is 0 Å². The van der Waals surface area contributed by atoms with E-state index in [2.05, 4.69) is 17.5 Å². The van der Waals surface area contributed by atoms with Gasteiger partial charge in [-0.25, -0.2) is 0 Å². The highest BCUT2D eigenvalue weighted by atomic mass is 32.1. The highest BCUT2D eigenvalue weighted by Gasteiger charge is 2.16. The molecule has 1 rings (SSSR count). The van der Waals surface area contributed by atoms with Crippen LogP contribution in [0.3, 0.4) is 0 Å². The molecule has 1 aliphatic heterocycles. The number of nitrogens with zero attached hydrogens (tertiary/aromatic N) is 1. The highest BCUT2D eigenvalue weighted by Crippen LogP contribution is 2.08. The second kappa shape index (κ2) is 2.03. The third kappa shape index (κ3) is 1.08. The molecule has 0 amide bonds. The van der Waals surface area contributed by atoms with Crippen LogP contribution < -0.4 is 5.73 Å². The standard InChI is InChI=1S/C4H10N2S/c5-4(7)6-2-1-3-6/h4,7H,1-3,5H2. The van der Waals surface area contributed by atoms with Gasteiger partial charge in [0.15, 0.2) is 0 Å². The first-order valence-corrected chi connectivity index (χ1v) is 3.00. The van der Waals surface area contributed by atoms with Crippen LogP contribution in [0.1, 0.15) is 6.42 Å².